The molecule has 0 spiro atoms. The summed E-state index contributed by atoms with van der Waals surface area (Å²) in [6.45, 7) is 8.87. The highest BCUT2D eigenvalue weighted by Crippen LogP contribution is 2.23. The van der Waals surface area contributed by atoms with Crippen molar-refractivity contribution in [3.8, 4) is 5.75 Å². The highest BCUT2D eigenvalue weighted by molar-refractivity contribution is 5.78. The Kier molecular flexibility index (Phi) is 3.89. The molecule has 1 rings (SSSR count). The molecule has 0 aliphatic heterocycles. The fourth-order valence-electron chi connectivity index (χ4n) is 1.36. The summed E-state index contributed by atoms with van der Waals surface area (Å²) in [5.74, 6) is 1.39. The van der Waals surface area contributed by atoms with Gasteiger partial charge in [0.15, 0.2) is 0 Å². The van der Waals surface area contributed by atoms with Gasteiger partial charge in [0.1, 0.15) is 12.0 Å². The molecule has 0 saturated heterocycles. The third kappa shape index (κ3) is 2.82. The minimum Gasteiger partial charge on any atom is -0.493 e. The number of benzene rings is 1. The zero-order valence-corrected chi connectivity index (χ0v) is 9.83. The Morgan fingerprint density at radius 3 is 2.47 bits per heavy atom. The van der Waals surface area contributed by atoms with E-state index in [1.54, 1.807) is 0 Å². The van der Waals surface area contributed by atoms with E-state index in [0.29, 0.717) is 12.5 Å². The number of hydrogen-bond donors (Lipinski definition) is 0. The van der Waals surface area contributed by atoms with Gasteiger partial charge in [-0.05, 0) is 43.0 Å². The molecular formula is C13H18O2. The lowest BCUT2D eigenvalue weighted by atomic mass is 10.0. The van der Waals surface area contributed by atoms with Gasteiger partial charge in [-0.1, -0.05) is 13.8 Å². The van der Waals surface area contributed by atoms with Gasteiger partial charge in [-0.3, -0.25) is 4.79 Å². The van der Waals surface area contributed by atoms with E-state index < -0.39 is 0 Å². The molecule has 0 aromatic heterocycles. The molecule has 0 bridgehead atoms. The summed E-state index contributed by atoms with van der Waals surface area (Å²) in [7, 11) is 0. The van der Waals surface area contributed by atoms with Crippen LogP contribution in [0.15, 0.2) is 12.1 Å². The topological polar surface area (TPSA) is 26.3 Å². The molecule has 0 saturated carbocycles. The van der Waals surface area contributed by atoms with Crippen LogP contribution in [0.5, 0.6) is 5.75 Å². The van der Waals surface area contributed by atoms with Gasteiger partial charge in [0.05, 0.1) is 6.61 Å². The molecule has 0 aliphatic carbocycles. The second kappa shape index (κ2) is 4.96. The highest BCUT2D eigenvalue weighted by atomic mass is 16.5. The summed E-state index contributed by atoms with van der Waals surface area (Å²) in [6.07, 6.45) is 0.883. The summed E-state index contributed by atoms with van der Waals surface area (Å²) in [5, 5.41) is 0. The minimum atomic E-state index is 0.510. The van der Waals surface area contributed by atoms with Crippen molar-refractivity contribution in [2.75, 3.05) is 6.61 Å². The average molecular weight is 206 g/mol. The maximum atomic E-state index is 10.7. The monoisotopic (exact) mass is 206 g/mol. The quantitative estimate of drug-likeness (QED) is 0.707. The Morgan fingerprint density at radius 2 is 1.93 bits per heavy atom. The minimum absolute atomic E-state index is 0.510. The number of ether oxygens (including phenoxy) is 1. The summed E-state index contributed by atoms with van der Waals surface area (Å²) in [6, 6.07) is 3.68. The van der Waals surface area contributed by atoms with Crippen LogP contribution in [-0.2, 0) is 0 Å². The molecule has 0 heterocycles. The largest absolute Gasteiger partial charge is 0.493 e. The molecule has 0 unspecified atom stereocenters. The lowest BCUT2D eigenvalue weighted by Crippen LogP contribution is -2.06. The lowest BCUT2D eigenvalue weighted by Gasteiger charge is -2.13. The molecule has 82 valence electrons. The fraction of sp³-hybridized carbons (Fsp3) is 0.462. The average Bonchev–Trinajstić information content (AvgIpc) is 2.20. The van der Waals surface area contributed by atoms with Crippen molar-refractivity contribution < 1.29 is 9.53 Å². The predicted octanol–water partition coefficient (Wildman–Crippen LogP) is 3.15. The van der Waals surface area contributed by atoms with E-state index in [4.69, 9.17) is 4.74 Å². The first-order chi connectivity index (χ1) is 7.06. The summed E-state index contributed by atoms with van der Waals surface area (Å²) < 4.78 is 5.66. The number of aldehydes is 1. The SMILES string of the molecule is Cc1c(C=O)ccc(OCC(C)C)c1C. The van der Waals surface area contributed by atoms with Crippen LogP contribution in [0.25, 0.3) is 0 Å². The predicted molar refractivity (Wildman–Crippen MR) is 61.6 cm³/mol. The third-order valence-corrected chi connectivity index (χ3v) is 2.48. The number of rotatable bonds is 4. The Hall–Kier alpha value is -1.31. The van der Waals surface area contributed by atoms with Gasteiger partial charge < -0.3 is 4.74 Å². The van der Waals surface area contributed by atoms with Gasteiger partial charge >= 0.3 is 0 Å². The van der Waals surface area contributed by atoms with E-state index in [1.165, 1.54) is 0 Å². The van der Waals surface area contributed by atoms with E-state index >= 15 is 0 Å². The van der Waals surface area contributed by atoms with Crippen LogP contribution in [0.3, 0.4) is 0 Å². The van der Waals surface area contributed by atoms with Gasteiger partial charge in [-0.15, -0.1) is 0 Å². The summed E-state index contributed by atoms with van der Waals surface area (Å²) >= 11 is 0. The summed E-state index contributed by atoms with van der Waals surface area (Å²) in [5.41, 5.74) is 2.80. The van der Waals surface area contributed by atoms with Crippen LogP contribution in [0, 0.1) is 19.8 Å². The molecule has 0 aliphatic rings. The van der Waals surface area contributed by atoms with E-state index in [9.17, 15) is 4.79 Å². The van der Waals surface area contributed by atoms with Crippen molar-refractivity contribution in [2.24, 2.45) is 5.92 Å². The lowest BCUT2D eigenvalue weighted by molar-refractivity contribution is 0.112. The fourth-order valence-corrected chi connectivity index (χ4v) is 1.36. The Balaban J connectivity index is 2.91. The zero-order chi connectivity index (χ0) is 11.4. The number of hydrogen-bond acceptors (Lipinski definition) is 2. The molecule has 0 fully saturated rings. The van der Waals surface area contributed by atoms with Crippen molar-refractivity contribution in [2.45, 2.75) is 27.7 Å². The second-order valence-electron chi connectivity index (χ2n) is 4.23. The highest BCUT2D eigenvalue weighted by Gasteiger charge is 2.07. The molecule has 0 radical (unpaired) electrons. The van der Waals surface area contributed by atoms with Crippen molar-refractivity contribution in [1.82, 2.24) is 0 Å². The normalized spacial score (nSPS) is 10.5. The van der Waals surface area contributed by atoms with Crippen LogP contribution in [0.4, 0.5) is 0 Å². The Labute approximate surface area is 91.3 Å². The van der Waals surface area contributed by atoms with Gasteiger partial charge in [0.25, 0.3) is 0 Å². The van der Waals surface area contributed by atoms with Gasteiger partial charge in [0, 0.05) is 5.56 Å². The molecule has 0 amide bonds. The first-order valence-corrected chi connectivity index (χ1v) is 5.24. The summed E-state index contributed by atoms with van der Waals surface area (Å²) in [4.78, 5) is 10.7. The Morgan fingerprint density at radius 1 is 1.27 bits per heavy atom. The zero-order valence-electron chi connectivity index (χ0n) is 9.83. The molecule has 2 heteroatoms. The van der Waals surface area contributed by atoms with Gasteiger partial charge in [-0.25, -0.2) is 0 Å². The first-order valence-electron chi connectivity index (χ1n) is 5.24. The van der Waals surface area contributed by atoms with Crippen LogP contribution >= 0.6 is 0 Å². The molecule has 0 N–H and O–H groups in total. The van der Waals surface area contributed by atoms with Crippen molar-refractivity contribution in [3.05, 3.63) is 28.8 Å². The maximum Gasteiger partial charge on any atom is 0.150 e. The standard InChI is InChI=1S/C13H18O2/c1-9(2)8-15-13-6-5-12(7-14)10(3)11(13)4/h5-7,9H,8H2,1-4H3. The van der Waals surface area contributed by atoms with E-state index in [2.05, 4.69) is 13.8 Å². The van der Waals surface area contributed by atoms with Gasteiger partial charge in [-0.2, -0.15) is 0 Å². The number of carbonyl (C=O) groups is 1. The van der Waals surface area contributed by atoms with E-state index in [-0.39, 0.29) is 0 Å². The maximum absolute atomic E-state index is 10.7. The molecule has 2 nitrogen and oxygen atoms in total. The third-order valence-electron chi connectivity index (χ3n) is 2.48. The van der Waals surface area contributed by atoms with Crippen LogP contribution in [0.2, 0.25) is 0 Å². The molecular weight excluding hydrogens is 188 g/mol. The molecule has 15 heavy (non-hydrogen) atoms. The van der Waals surface area contributed by atoms with E-state index in [0.717, 1.165) is 28.7 Å². The Bertz CT molecular complexity index is 354. The van der Waals surface area contributed by atoms with Crippen LogP contribution in [0.1, 0.15) is 35.3 Å². The van der Waals surface area contributed by atoms with Gasteiger partial charge in [0.2, 0.25) is 0 Å². The number of carbonyl (C=O) groups excluding carboxylic acids is 1. The van der Waals surface area contributed by atoms with Crippen LogP contribution in [-0.4, -0.2) is 12.9 Å². The molecule has 1 aromatic carbocycles. The first kappa shape index (κ1) is 11.8. The van der Waals surface area contributed by atoms with Crippen molar-refractivity contribution in [1.29, 1.82) is 0 Å². The smallest absolute Gasteiger partial charge is 0.150 e. The molecule has 1 aromatic rings. The second-order valence-corrected chi connectivity index (χ2v) is 4.23. The van der Waals surface area contributed by atoms with Crippen LogP contribution < -0.4 is 4.74 Å². The van der Waals surface area contributed by atoms with Crippen molar-refractivity contribution >= 4 is 6.29 Å². The van der Waals surface area contributed by atoms with Crippen molar-refractivity contribution in [3.63, 3.8) is 0 Å². The molecule has 0 atom stereocenters. The van der Waals surface area contributed by atoms with E-state index in [1.807, 2.05) is 26.0 Å².